The number of ether oxygens (including phenoxy) is 5. The number of carbonyl (C=O) groups is 2. The Labute approximate surface area is 193 Å². The molecule has 33 heavy (non-hydrogen) atoms. The molecule has 0 radical (unpaired) electrons. The Morgan fingerprint density at radius 2 is 1.79 bits per heavy atom. The van der Waals surface area contributed by atoms with Crippen LogP contribution in [0, 0.1) is 11.3 Å². The van der Waals surface area contributed by atoms with Crippen molar-refractivity contribution < 1.29 is 33.3 Å². The van der Waals surface area contributed by atoms with Crippen molar-refractivity contribution in [1.82, 2.24) is 5.32 Å². The SMILES string of the molecule is CC12COC([C@@H](NC(=O)OCc3ccccc3)[C@H]3CN=N[C@@H]3C(=O)OC(C)(C)C)(OC1)OC2. The van der Waals surface area contributed by atoms with E-state index in [1.807, 2.05) is 37.3 Å². The summed E-state index contributed by atoms with van der Waals surface area (Å²) in [6.07, 6.45) is -0.692. The van der Waals surface area contributed by atoms with Crippen LogP contribution in [-0.2, 0) is 35.1 Å². The molecule has 0 saturated carbocycles. The van der Waals surface area contributed by atoms with Crippen molar-refractivity contribution in [2.24, 2.45) is 21.6 Å². The number of rotatable bonds is 6. The molecular formula is C23H31N3O7. The lowest BCUT2D eigenvalue weighted by atomic mass is 9.86. The first kappa shape index (κ1) is 23.6. The second-order valence-electron chi connectivity index (χ2n) is 10.0. The zero-order valence-corrected chi connectivity index (χ0v) is 19.4. The highest BCUT2D eigenvalue weighted by Crippen LogP contribution is 2.43. The molecule has 0 spiro atoms. The maximum absolute atomic E-state index is 12.9. The number of carbonyl (C=O) groups excluding carboxylic acids is 2. The lowest BCUT2D eigenvalue weighted by Crippen LogP contribution is -2.70. The third-order valence-corrected chi connectivity index (χ3v) is 5.71. The third kappa shape index (κ3) is 5.34. The van der Waals surface area contributed by atoms with Gasteiger partial charge in [-0.3, -0.25) is 0 Å². The van der Waals surface area contributed by atoms with Gasteiger partial charge >= 0.3 is 18.0 Å². The predicted molar refractivity (Wildman–Crippen MR) is 115 cm³/mol. The van der Waals surface area contributed by atoms with Crippen molar-refractivity contribution in [3.8, 4) is 0 Å². The van der Waals surface area contributed by atoms with E-state index in [1.54, 1.807) is 20.8 Å². The molecule has 3 saturated heterocycles. The summed E-state index contributed by atoms with van der Waals surface area (Å²) < 4.78 is 28.9. The molecule has 5 rings (SSSR count). The monoisotopic (exact) mass is 461 g/mol. The standard InChI is InChI=1S/C23H31N3O7/c1-21(2,3)33-19(27)17-16(10-24-26-17)18(23-30-12-22(4,13-31-23)14-32-23)25-20(28)29-11-15-8-6-5-7-9-15/h5-9,16-18H,10-14H2,1-4H3,(H,25,28)/t16-,17-,18-,22?,23?/m0/s1. The average Bonchev–Trinajstić information content (AvgIpc) is 3.26. The smallest absolute Gasteiger partial charge is 0.407 e. The summed E-state index contributed by atoms with van der Waals surface area (Å²) in [7, 11) is 0. The molecule has 3 fully saturated rings. The Kier molecular flexibility index (Phi) is 6.43. The third-order valence-electron chi connectivity index (χ3n) is 5.71. The van der Waals surface area contributed by atoms with E-state index in [1.165, 1.54) is 0 Å². The van der Waals surface area contributed by atoms with Crippen molar-refractivity contribution in [1.29, 1.82) is 0 Å². The Bertz CT molecular complexity index is 875. The highest BCUT2D eigenvalue weighted by Gasteiger charge is 2.60. The van der Waals surface area contributed by atoms with Crippen LogP contribution < -0.4 is 5.32 Å². The summed E-state index contributed by atoms with van der Waals surface area (Å²) in [6.45, 7) is 8.76. The van der Waals surface area contributed by atoms with Crippen LogP contribution in [0.5, 0.6) is 0 Å². The molecule has 0 unspecified atom stereocenters. The molecule has 10 nitrogen and oxygen atoms in total. The van der Waals surface area contributed by atoms with Gasteiger partial charge in [0.05, 0.1) is 26.4 Å². The maximum Gasteiger partial charge on any atom is 0.407 e. The normalized spacial score (nSPS) is 31.8. The fourth-order valence-corrected chi connectivity index (χ4v) is 3.98. The van der Waals surface area contributed by atoms with E-state index in [9.17, 15) is 9.59 Å². The first-order chi connectivity index (χ1) is 15.6. The molecule has 10 heteroatoms. The fourth-order valence-electron chi connectivity index (χ4n) is 3.98. The number of alkyl carbamates (subject to hydrolysis) is 1. The van der Waals surface area contributed by atoms with Gasteiger partial charge in [-0.25, -0.2) is 9.59 Å². The van der Waals surface area contributed by atoms with E-state index in [2.05, 4.69) is 15.5 Å². The van der Waals surface area contributed by atoms with Crippen LogP contribution in [0.25, 0.3) is 0 Å². The molecule has 4 aliphatic heterocycles. The second-order valence-corrected chi connectivity index (χ2v) is 10.0. The minimum atomic E-state index is -1.57. The van der Waals surface area contributed by atoms with Gasteiger partial charge in [0.2, 0.25) is 0 Å². The minimum absolute atomic E-state index is 0.0853. The van der Waals surface area contributed by atoms with Gasteiger partial charge in [-0.2, -0.15) is 10.2 Å². The number of hydrogen-bond donors (Lipinski definition) is 1. The molecule has 180 valence electrons. The molecule has 0 aromatic heterocycles. The summed E-state index contributed by atoms with van der Waals surface area (Å²) in [4.78, 5) is 25.7. The van der Waals surface area contributed by atoms with E-state index in [0.717, 1.165) is 5.56 Å². The minimum Gasteiger partial charge on any atom is -0.458 e. The fraction of sp³-hybridized carbons (Fsp3) is 0.652. The molecule has 2 bridgehead atoms. The van der Waals surface area contributed by atoms with E-state index >= 15 is 0 Å². The number of benzene rings is 1. The summed E-state index contributed by atoms with van der Waals surface area (Å²) in [5.74, 6) is -2.71. The molecule has 1 N–H and O–H groups in total. The van der Waals surface area contributed by atoms with E-state index in [-0.39, 0.29) is 18.6 Å². The van der Waals surface area contributed by atoms with Gasteiger partial charge in [-0.15, -0.1) is 0 Å². The summed E-state index contributed by atoms with van der Waals surface area (Å²) in [5.41, 5.74) is -0.124. The molecule has 1 aromatic rings. The Morgan fingerprint density at radius 3 is 2.39 bits per heavy atom. The highest BCUT2D eigenvalue weighted by atomic mass is 16.9. The van der Waals surface area contributed by atoms with Gasteiger partial charge in [0.25, 0.3) is 0 Å². The van der Waals surface area contributed by atoms with E-state index in [0.29, 0.717) is 19.8 Å². The zero-order valence-electron chi connectivity index (χ0n) is 19.4. The van der Waals surface area contributed by atoms with Crippen LogP contribution in [0.3, 0.4) is 0 Å². The number of hydrogen-bond acceptors (Lipinski definition) is 9. The Balaban J connectivity index is 1.53. The zero-order chi connectivity index (χ0) is 23.7. The van der Waals surface area contributed by atoms with Gasteiger partial charge in [-0.05, 0) is 26.3 Å². The highest BCUT2D eigenvalue weighted by molar-refractivity contribution is 5.77. The summed E-state index contributed by atoms with van der Waals surface area (Å²) in [5, 5.41) is 11.0. The molecule has 0 aliphatic carbocycles. The van der Waals surface area contributed by atoms with Gasteiger partial charge in [0.1, 0.15) is 18.2 Å². The number of nitrogens with one attached hydrogen (secondary N) is 1. The van der Waals surface area contributed by atoms with Gasteiger partial charge in [0, 0.05) is 11.3 Å². The van der Waals surface area contributed by atoms with Crippen LogP contribution >= 0.6 is 0 Å². The molecule has 1 amide bonds. The van der Waals surface area contributed by atoms with Crippen LogP contribution in [0.15, 0.2) is 40.6 Å². The number of azo groups is 1. The summed E-state index contributed by atoms with van der Waals surface area (Å²) in [6, 6.07) is 7.48. The summed E-state index contributed by atoms with van der Waals surface area (Å²) >= 11 is 0. The van der Waals surface area contributed by atoms with E-state index < -0.39 is 41.6 Å². The van der Waals surface area contributed by atoms with Crippen LogP contribution in [-0.4, -0.2) is 62.1 Å². The van der Waals surface area contributed by atoms with Gasteiger partial charge in [0.15, 0.2) is 6.04 Å². The Hall–Kier alpha value is -2.56. The van der Waals surface area contributed by atoms with Gasteiger partial charge in [-0.1, -0.05) is 37.3 Å². The van der Waals surface area contributed by atoms with Crippen LogP contribution in [0.2, 0.25) is 0 Å². The van der Waals surface area contributed by atoms with Crippen molar-refractivity contribution >= 4 is 12.1 Å². The van der Waals surface area contributed by atoms with E-state index in [4.69, 9.17) is 23.7 Å². The maximum atomic E-state index is 12.9. The lowest BCUT2D eigenvalue weighted by molar-refractivity contribution is -0.476. The first-order valence-electron chi connectivity index (χ1n) is 11.1. The first-order valence-corrected chi connectivity index (χ1v) is 11.1. The van der Waals surface area contributed by atoms with Crippen molar-refractivity contribution in [3.05, 3.63) is 35.9 Å². The quantitative estimate of drug-likeness (QED) is 0.648. The second kappa shape index (κ2) is 9.00. The van der Waals surface area contributed by atoms with Crippen molar-refractivity contribution in [2.45, 2.75) is 58.0 Å². The lowest BCUT2D eigenvalue weighted by Gasteiger charge is -2.53. The average molecular weight is 462 g/mol. The number of esters is 1. The Morgan fingerprint density at radius 1 is 1.15 bits per heavy atom. The van der Waals surface area contributed by atoms with Crippen LogP contribution in [0.4, 0.5) is 4.79 Å². The van der Waals surface area contributed by atoms with Crippen LogP contribution in [0.1, 0.15) is 33.3 Å². The van der Waals surface area contributed by atoms with Crippen molar-refractivity contribution in [3.63, 3.8) is 0 Å². The molecule has 3 atom stereocenters. The number of fused-ring (bicyclic) bond motifs is 3. The molecule has 4 heterocycles. The van der Waals surface area contributed by atoms with Crippen molar-refractivity contribution in [2.75, 3.05) is 26.4 Å². The number of amides is 1. The number of nitrogens with zero attached hydrogens (tertiary/aromatic N) is 2. The molecule has 4 aliphatic rings. The van der Waals surface area contributed by atoms with Gasteiger partial charge < -0.3 is 29.0 Å². The largest absolute Gasteiger partial charge is 0.458 e. The predicted octanol–water partition coefficient (Wildman–Crippen LogP) is 2.81. The topological polar surface area (TPSA) is 117 Å². The molecule has 1 aromatic carbocycles. The molecular weight excluding hydrogens is 430 g/mol.